The van der Waals surface area contributed by atoms with Gasteiger partial charge in [0.15, 0.2) is 0 Å². The van der Waals surface area contributed by atoms with E-state index in [-0.39, 0.29) is 5.91 Å². The molecule has 0 atom stereocenters. The number of hydrogen-bond donors (Lipinski definition) is 3. The summed E-state index contributed by atoms with van der Waals surface area (Å²) < 4.78 is 0. The van der Waals surface area contributed by atoms with Crippen molar-refractivity contribution >= 4 is 28.9 Å². The molecule has 3 N–H and O–H groups in total. The summed E-state index contributed by atoms with van der Waals surface area (Å²) in [5.74, 6) is 0.0417. The van der Waals surface area contributed by atoms with E-state index in [2.05, 4.69) is 16.0 Å². The first-order valence-electron chi connectivity index (χ1n) is 6.32. The lowest BCUT2D eigenvalue weighted by molar-refractivity contribution is -0.115. The predicted molar refractivity (Wildman–Crippen MR) is 73.3 cm³/mol. The molecule has 2 heterocycles. The fourth-order valence-electron chi connectivity index (χ4n) is 2.54. The van der Waals surface area contributed by atoms with Crippen LogP contribution in [0.25, 0.3) is 0 Å². The van der Waals surface area contributed by atoms with Gasteiger partial charge in [0, 0.05) is 11.7 Å². The molecule has 96 valence electrons. The molecular formula is C13H16ClN3O. The van der Waals surface area contributed by atoms with Crippen molar-refractivity contribution in [2.24, 2.45) is 0 Å². The van der Waals surface area contributed by atoms with Gasteiger partial charge in [-0.2, -0.15) is 0 Å². The van der Waals surface area contributed by atoms with E-state index >= 15 is 0 Å². The monoisotopic (exact) mass is 265 g/mol. The number of rotatable bonds is 2. The van der Waals surface area contributed by atoms with Gasteiger partial charge in [0.25, 0.3) is 0 Å². The smallest absolute Gasteiger partial charge is 0.228 e. The maximum atomic E-state index is 11.3. The highest BCUT2D eigenvalue weighted by Gasteiger charge is 2.21. The highest BCUT2D eigenvalue weighted by Crippen LogP contribution is 2.33. The number of amides is 1. The molecule has 0 spiro atoms. The van der Waals surface area contributed by atoms with Gasteiger partial charge in [-0.15, -0.1) is 0 Å². The molecule has 4 nitrogen and oxygen atoms in total. The lowest BCUT2D eigenvalue weighted by Gasteiger charge is -2.25. The molecule has 3 rings (SSSR count). The third-order valence-corrected chi connectivity index (χ3v) is 3.83. The molecule has 1 fully saturated rings. The number of halogens is 1. The van der Waals surface area contributed by atoms with Gasteiger partial charge in [-0.3, -0.25) is 4.79 Å². The Morgan fingerprint density at radius 2 is 2.06 bits per heavy atom. The van der Waals surface area contributed by atoms with Crippen LogP contribution in [-0.2, 0) is 11.2 Å². The van der Waals surface area contributed by atoms with Crippen molar-refractivity contribution in [2.75, 3.05) is 23.7 Å². The lowest BCUT2D eigenvalue weighted by Crippen LogP contribution is -2.35. The lowest BCUT2D eigenvalue weighted by atomic mass is 10.1. The molecule has 0 aromatic heterocycles. The normalized spacial score (nSPS) is 19.5. The average molecular weight is 266 g/mol. The van der Waals surface area contributed by atoms with E-state index in [1.165, 1.54) is 0 Å². The fourth-order valence-corrected chi connectivity index (χ4v) is 2.76. The summed E-state index contributed by atoms with van der Waals surface area (Å²) in [5.41, 5.74) is 2.82. The molecular weight excluding hydrogens is 250 g/mol. The molecule has 2 aliphatic heterocycles. The third-order valence-electron chi connectivity index (χ3n) is 3.52. The van der Waals surface area contributed by atoms with Gasteiger partial charge in [-0.05, 0) is 43.6 Å². The van der Waals surface area contributed by atoms with E-state index in [1.54, 1.807) is 0 Å². The summed E-state index contributed by atoms with van der Waals surface area (Å²) >= 11 is 6.25. The summed E-state index contributed by atoms with van der Waals surface area (Å²) in [6.07, 6.45) is 2.66. The van der Waals surface area contributed by atoms with Crippen molar-refractivity contribution in [1.82, 2.24) is 5.32 Å². The third kappa shape index (κ3) is 2.31. The van der Waals surface area contributed by atoms with E-state index in [0.717, 1.165) is 42.9 Å². The van der Waals surface area contributed by atoms with Gasteiger partial charge in [-0.1, -0.05) is 11.6 Å². The number of carbonyl (C=O) groups excluding carboxylic acids is 1. The second-order valence-corrected chi connectivity index (χ2v) is 5.29. The Balaban J connectivity index is 1.80. The van der Waals surface area contributed by atoms with Gasteiger partial charge in [0.1, 0.15) is 0 Å². The molecule has 1 saturated heterocycles. The molecule has 0 bridgehead atoms. The zero-order chi connectivity index (χ0) is 12.5. The number of benzene rings is 1. The predicted octanol–water partition coefficient (Wildman–Crippen LogP) is 2.00. The van der Waals surface area contributed by atoms with Crippen molar-refractivity contribution in [2.45, 2.75) is 25.3 Å². The van der Waals surface area contributed by atoms with Crippen LogP contribution >= 0.6 is 11.6 Å². The quantitative estimate of drug-likeness (QED) is 0.767. The van der Waals surface area contributed by atoms with Gasteiger partial charge in [-0.25, -0.2) is 0 Å². The molecule has 1 aromatic rings. The van der Waals surface area contributed by atoms with Crippen LogP contribution < -0.4 is 16.0 Å². The zero-order valence-corrected chi connectivity index (χ0v) is 10.8. The Morgan fingerprint density at radius 1 is 1.28 bits per heavy atom. The Bertz CT molecular complexity index is 483. The van der Waals surface area contributed by atoms with Gasteiger partial charge in [0.05, 0.1) is 17.1 Å². The number of piperidine rings is 1. The summed E-state index contributed by atoms with van der Waals surface area (Å²) in [5, 5.41) is 10.3. The number of nitrogens with one attached hydrogen (secondary N) is 3. The van der Waals surface area contributed by atoms with E-state index in [9.17, 15) is 4.79 Å². The summed E-state index contributed by atoms with van der Waals surface area (Å²) in [7, 11) is 0. The largest absolute Gasteiger partial charge is 0.381 e. The van der Waals surface area contributed by atoms with E-state index in [1.807, 2.05) is 12.1 Å². The fraction of sp³-hybridized carbons (Fsp3) is 0.462. The molecule has 2 aliphatic rings. The van der Waals surface area contributed by atoms with Crippen LogP contribution in [0, 0.1) is 0 Å². The van der Waals surface area contributed by atoms with Crippen LogP contribution in [0.5, 0.6) is 0 Å². The molecule has 0 saturated carbocycles. The second kappa shape index (κ2) is 4.78. The first-order chi connectivity index (χ1) is 8.72. The van der Waals surface area contributed by atoms with Gasteiger partial charge >= 0.3 is 0 Å². The zero-order valence-electron chi connectivity index (χ0n) is 10.1. The van der Waals surface area contributed by atoms with E-state index in [4.69, 9.17) is 11.6 Å². The van der Waals surface area contributed by atoms with Gasteiger partial charge < -0.3 is 16.0 Å². The minimum atomic E-state index is 0.0417. The highest BCUT2D eigenvalue weighted by molar-refractivity contribution is 6.33. The van der Waals surface area contributed by atoms with Crippen molar-refractivity contribution < 1.29 is 4.79 Å². The van der Waals surface area contributed by atoms with Crippen molar-refractivity contribution in [3.05, 3.63) is 22.7 Å². The van der Waals surface area contributed by atoms with Gasteiger partial charge in [0.2, 0.25) is 5.91 Å². The molecule has 18 heavy (non-hydrogen) atoms. The van der Waals surface area contributed by atoms with E-state index in [0.29, 0.717) is 17.5 Å². The highest BCUT2D eigenvalue weighted by atomic mass is 35.5. The van der Waals surface area contributed by atoms with Crippen molar-refractivity contribution in [1.29, 1.82) is 0 Å². The molecule has 0 unspecified atom stereocenters. The van der Waals surface area contributed by atoms with Crippen LogP contribution in [0.3, 0.4) is 0 Å². The summed E-state index contributed by atoms with van der Waals surface area (Å²) in [4.78, 5) is 11.3. The SMILES string of the molecule is O=C1Cc2cc(NC3CCNCC3)c(Cl)cc2N1. The van der Waals surface area contributed by atoms with Crippen molar-refractivity contribution in [3.63, 3.8) is 0 Å². The molecule has 1 aromatic carbocycles. The molecule has 1 amide bonds. The first kappa shape index (κ1) is 11.8. The molecule has 0 aliphatic carbocycles. The standard InChI is InChI=1S/C13H16ClN3O/c14-10-7-11-8(6-13(18)17-11)5-12(10)16-9-1-3-15-4-2-9/h5,7,9,15-16H,1-4,6H2,(H,17,18). The van der Waals surface area contributed by atoms with Crippen LogP contribution in [0.2, 0.25) is 5.02 Å². The number of hydrogen-bond acceptors (Lipinski definition) is 3. The van der Waals surface area contributed by atoms with Crippen LogP contribution in [-0.4, -0.2) is 25.0 Å². The summed E-state index contributed by atoms with van der Waals surface area (Å²) in [6.45, 7) is 2.08. The number of fused-ring (bicyclic) bond motifs is 1. The number of carbonyl (C=O) groups is 1. The Morgan fingerprint density at radius 3 is 2.83 bits per heavy atom. The Kier molecular flexibility index (Phi) is 3.14. The average Bonchev–Trinajstić information content (AvgIpc) is 2.70. The summed E-state index contributed by atoms with van der Waals surface area (Å²) in [6, 6.07) is 4.30. The minimum Gasteiger partial charge on any atom is -0.381 e. The van der Waals surface area contributed by atoms with Crippen molar-refractivity contribution in [3.8, 4) is 0 Å². The topological polar surface area (TPSA) is 53.2 Å². The maximum absolute atomic E-state index is 11.3. The van der Waals surface area contributed by atoms with Crippen LogP contribution in [0.4, 0.5) is 11.4 Å². The molecule has 5 heteroatoms. The van der Waals surface area contributed by atoms with Crippen LogP contribution in [0.15, 0.2) is 12.1 Å². The second-order valence-electron chi connectivity index (χ2n) is 4.88. The minimum absolute atomic E-state index is 0.0417. The maximum Gasteiger partial charge on any atom is 0.228 e. The Labute approximate surface area is 111 Å². The van der Waals surface area contributed by atoms with Crippen LogP contribution in [0.1, 0.15) is 18.4 Å². The Hall–Kier alpha value is -1.26. The van der Waals surface area contributed by atoms with E-state index < -0.39 is 0 Å². The number of anilines is 2. The molecule has 0 radical (unpaired) electrons. The first-order valence-corrected chi connectivity index (χ1v) is 6.70.